The number of nitrogens with one attached hydrogen (secondary N) is 3. The van der Waals surface area contributed by atoms with Gasteiger partial charge in [0.15, 0.2) is 5.13 Å². The molecule has 0 bridgehead atoms. The topological polar surface area (TPSA) is 103 Å². The molecule has 0 fully saturated rings. The van der Waals surface area contributed by atoms with Crippen molar-refractivity contribution in [2.75, 3.05) is 18.1 Å². The van der Waals surface area contributed by atoms with Crippen LogP contribution in [0.3, 0.4) is 0 Å². The van der Waals surface area contributed by atoms with E-state index < -0.39 is 18.0 Å². The van der Waals surface area contributed by atoms with E-state index in [0.29, 0.717) is 24.5 Å². The van der Waals surface area contributed by atoms with Crippen molar-refractivity contribution in [2.24, 2.45) is 0 Å². The number of thiazole rings is 1. The Bertz CT molecular complexity index is 798. The number of rotatable bonds is 9. The summed E-state index contributed by atoms with van der Waals surface area (Å²) in [6.45, 7) is 0.688. The van der Waals surface area contributed by atoms with E-state index in [1.54, 1.807) is 0 Å². The van der Waals surface area contributed by atoms with Gasteiger partial charge in [-0.2, -0.15) is 0 Å². The zero-order valence-corrected chi connectivity index (χ0v) is 17.8. The van der Waals surface area contributed by atoms with Gasteiger partial charge in [0.1, 0.15) is 10.4 Å². The van der Waals surface area contributed by atoms with Gasteiger partial charge in [0.25, 0.3) is 0 Å². The van der Waals surface area contributed by atoms with Crippen LogP contribution in [0.15, 0.2) is 35.7 Å². The smallest absolute Gasteiger partial charge is 0.405 e. The molecule has 0 saturated carbocycles. The van der Waals surface area contributed by atoms with Gasteiger partial charge in [0.2, 0.25) is 5.91 Å². The molecule has 0 aliphatic heterocycles. The summed E-state index contributed by atoms with van der Waals surface area (Å²) >= 11 is 7.82. The SMILES string of the molecule is CSC(=S)NCCCCC(NC(=O)O)C(=O)Nc1nc(-c2ccccc2)cs1. The van der Waals surface area contributed by atoms with Gasteiger partial charge in [0.05, 0.1) is 5.69 Å². The van der Waals surface area contributed by atoms with Crippen LogP contribution in [0.25, 0.3) is 11.3 Å². The third kappa shape index (κ3) is 7.45. The predicted molar refractivity (Wildman–Crippen MR) is 119 cm³/mol. The quantitative estimate of drug-likeness (QED) is 0.349. The number of thiocarbonyl (C=S) groups is 1. The highest BCUT2D eigenvalue weighted by atomic mass is 32.2. The average molecular weight is 439 g/mol. The van der Waals surface area contributed by atoms with Crippen LogP contribution < -0.4 is 16.0 Å². The summed E-state index contributed by atoms with van der Waals surface area (Å²) in [5.41, 5.74) is 1.72. The Balaban J connectivity index is 1.89. The highest BCUT2D eigenvalue weighted by Crippen LogP contribution is 2.24. The fraction of sp³-hybridized carbons (Fsp3) is 0.333. The maximum atomic E-state index is 12.5. The van der Waals surface area contributed by atoms with Gasteiger partial charge in [0, 0.05) is 17.5 Å². The van der Waals surface area contributed by atoms with E-state index in [0.717, 1.165) is 22.0 Å². The predicted octanol–water partition coefficient (Wildman–Crippen LogP) is 3.79. The van der Waals surface area contributed by atoms with Crippen LogP contribution in [0.4, 0.5) is 9.93 Å². The minimum Gasteiger partial charge on any atom is -0.465 e. The van der Waals surface area contributed by atoms with Gasteiger partial charge in [-0.25, -0.2) is 9.78 Å². The molecule has 4 N–H and O–H groups in total. The first kappa shape index (κ1) is 22.1. The third-order valence-corrected chi connectivity index (χ3v) is 5.71. The zero-order valence-electron chi connectivity index (χ0n) is 15.3. The first-order valence-corrected chi connectivity index (χ1v) is 11.1. The van der Waals surface area contributed by atoms with Gasteiger partial charge >= 0.3 is 6.09 Å². The van der Waals surface area contributed by atoms with Gasteiger partial charge in [-0.1, -0.05) is 42.5 Å². The highest BCUT2D eigenvalue weighted by Gasteiger charge is 2.21. The maximum Gasteiger partial charge on any atom is 0.405 e. The van der Waals surface area contributed by atoms with Crippen LogP contribution in [0.1, 0.15) is 19.3 Å². The molecule has 0 aliphatic carbocycles. The van der Waals surface area contributed by atoms with Crippen LogP contribution in [-0.2, 0) is 4.79 Å². The molecule has 1 unspecified atom stereocenters. The molecule has 0 saturated heterocycles. The average Bonchev–Trinajstić information content (AvgIpc) is 3.15. The lowest BCUT2D eigenvalue weighted by molar-refractivity contribution is -0.118. The standard InChI is InChI=1S/C18H22N4O3S3/c1-27-18(26)19-10-6-5-9-13(21-17(24)25)15(23)22-16-20-14(11-28-16)12-7-3-2-4-8-12/h2-4,7-8,11,13,21H,5-6,9-10H2,1H3,(H,19,26)(H,24,25)(H,20,22,23). The summed E-state index contributed by atoms with van der Waals surface area (Å²) in [5.74, 6) is -0.413. The Morgan fingerprint density at radius 1 is 1.29 bits per heavy atom. The lowest BCUT2D eigenvalue weighted by Gasteiger charge is -2.16. The fourth-order valence-corrected chi connectivity index (χ4v) is 3.49. The number of amides is 2. The molecular weight excluding hydrogens is 416 g/mol. The van der Waals surface area contributed by atoms with Crippen molar-refractivity contribution in [2.45, 2.75) is 25.3 Å². The van der Waals surface area contributed by atoms with Crippen molar-refractivity contribution in [3.05, 3.63) is 35.7 Å². The van der Waals surface area contributed by atoms with Crippen LogP contribution in [0, 0.1) is 0 Å². The van der Waals surface area contributed by atoms with Gasteiger partial charge in [-0.3, -0.25) is 4.79 Å². The normalized spacial score (nSPS) is 11.5. The van der Waals surface area contributed by atoms with Crippen LogP contribution >= 0.6 is 35.3 Å². The molecule has 0 radical (unpaired) electrons. The van der Waals surface area contributed by atoms with E-state index in [1.165, 1.54) is 23.1 Å². The minimum atomic E-state index is -1.23. The molecule has 2 aromatic rings. The number of hydrogen-bond acceptors (Lipinski definition) is 6. The second-order valence-electron chi connectivity index (χ2n) is 5.81. The second-order valence-corrected chi connectivity index (χ2v) is 8.15. The molecule has 150 valence electrons. The number of benzene rings is 1. The number of anilines is 1. The maximum absolute atomic E-state index is 12.5. The first-order chi connectivity index (χ1) is 13.5. The van der Waals surface area contributed by atoms with Gasteiger partial charge in [-0.05, 0) is 25.5 Å². The van der Waals surface area contributed by atoms with E-state index >= 15 is 0 Å². The summed E-state index contributed by atoms with van der Waals surface area (Å²) in [6.07, 6.45) is 2.51. The molecule has 28 heavy (non-hydrogen) atoms. The molecule has 2 rings (SSSR count). The van der Waals surface area contributed by atoms with Crippen molar-refractivity contribution in [3.8, 4) is 11.3 Å². The van der Waals surface area contributed by atoms with Crippen molar-refractivity contribution in [1.29, 1.82) is 0 Å². The molecule has 1 aromatic heterocycles. The Morgan fingerprint density at radius 3 is 2.71 bits per heavy atom. The fourth-order valence-electron chi connectivity index (χ4n) is 2.42. The molecule has 0 aliphatic rings. The Hall–Kier alpha value is -2.17. The van der Waals surface area contributed by atoms with E-state index in [9.17, 15) is 9.59 Å². The Morgan fingerprint density at radius 2 is 2.04 bits per heavy atom. The molecule has 1 atom stereocenters. The summed E-state index contributed by atoms with van der Waals surface area (Å²) in [4.78, 5) is 27.9. The number of carbonyl (C=O) groups excluding carboxylic acids is 1. The lowest BCUT2D eigenvalue weighted by atomic mass is 10.1. The van der Waals surface area contributed by atoms with Crippen LogP contribution in [-0.4, -0.2) is 45.3 Å². The molecule has 10 heteroatoms. The molecule has 0 spiro atoms. The number of hydrogen-bond donors (Lipinski definition) is 4. The van der Waals surface area contributed by atoms with E-state index in [2.05, 4.69) is 20.9 Å². The largest absolute Gasteiger partial charge is 0.465 e. The highest BCUT2D eigenvalue weighted by molar-refractivity contribution is 8.22. The number of nitrogens with zero attached hydrogens (tertiary/aromatic N) is 1. The van der Waals surface area contributed by atoms with E-state index in [1.807, 2.05) is 42.0 Å². The number of aromatic nitrogens is 1. The summed E-state index contributed by atoms with van der Waals surface area (Å²) < 4.78 is 0.718. The minimum absolute atomic E-state index is 0.392. The zero-order chi connectivity index (χ0) is 20.4. The summed E-state index contributed by atoms with van der Waals surface area (Å²) in [5, 5.41) is 19.4. The number of carbonyl (C=O) groups is 2. The Kier molecular flexibility index (Phi) is 9.18. The van der Waals surface area contributed by atoms with Crippen molar-refractivity contribution in [3.63, 3.8) is 0 Å². The third-order valence-electron chi connectivity index (χ3n) is 3.79. The van der Waals surface area contributed by atoms with Gasteiger partial charge in [-0.15, -0.1) is 23.1 Å². The van der Waals surface area contributed by atoms with Gasteiger partial charge < -0.3 is 21.1 Å². The van der Waals surface area contributed by atoms with E-state index in [-0.39, 0.29) is 0 Å². The van der Waals surface area contributed by atoms with E-state index in [4.69, 9.17) is 17.3 Å². The Labute approximate surface area is 177 Å². The molecule has 2 amide bonds. The monoisotopic (exact) mass is 438 g/mol. The van der Waals surface area contributed by atoms with Crippen LogP contribution in [0.2, 0.25) is 0 Å². The van der Waals surface area contributed by atoms with Crippen LogP contribution in [0.5, 0.6) is 0 Å². The summed E-state index contributed by atoms with van der Waals surface area (Å²) in [7, 11) is 0. The number of carboxylic acid groups (broad SMARTS) is 1. The van der Waals surface area contributed by atoms with Crippen molar-refractivity contribution >= 4 is 56.8 Å². The number of unbranched alkanes of at least 4 members (excludes halogenated alkanes) is 1. The second kappa shape index (κ2) is 11.6. The molecule has 1 aromatic carbocycles. The number of thioether (sulfide) groups is 1. The molecular formula is C18H22N4O3S3. The molecule has 7 nitrogen and oxygen atoms in total. The lowest BCUT2D eigenvalue weighted by Crippen LogP contribution is -2.43. The van der Waals surface area contributed by atoms with Crippen molar-refractivity contribution in [1.82, 2.24) is 15.6 Å². The van der Waals surface area contributed by atoms with Crippen molar-refractivity contribution < 1.29 is 14.7 Å². The summed E-state index contributed by atoms with van der Waals surface area (Å²) in [6, 6.07) is 8.79. The molecule has 1 heterocycles. The first-order valence-electron chi connectivity index (χ1n) is 8.62.